The Balaban J connectivity index is 0.940. The van der Waals surface area contributed by atoms with Crippen molar-refractivity contribution < 1.29 is 8.83 Å². The summed E-state index contributed by atoms with van der Waals surface area (Å²) < 4.78 is 12.9. The minimum Gasteiger partial charge on any atom is -0.456 e. The Hall–Kier alpha value is -8.92. The molecule has 0 aliphatic heterocycles. The third-order valence-electron chi connectivity index (χ3n) is 14.9. The van der Waals surface area contributed by atoms with E-state index in [0.29, 0.717) is 0 Å². The van der Waals surface area contributed by atoms with Gasteiger partial charge in [-0.3, -0.25) is 0 Å². The molecule has 15 rings (SSSR count). The highest BCUT2D eigenvalue weighted by atomic mass is 16.3. The molecule has 0 saturated heterocycles. The smallest absolute Gasteiger partial charge is 0.143 e. The van der Waals surface area contributed by atoms with E-state index in [0.717, 1.165) is 88.6 Å². The molecule has 1 spiro atoms. The van der Waals surface area contributed by atoms with Crippen molar-refractivity contribution in [3.63, 3.8) is 0 Å². The highest BCUT2D eigenvalue weighted by Gasteiger charge is 2.51. The molecule has 2 aliphatic carbocycles. The molecule has 0 fully saturated rings. The fraction of sp³-hybridized carbons (Fsp3) is 0.0154. The van der Waals surface area contributed by atoms with Crippen molar-refractivity contribution in [2.24, 2.45) is 0 Å². The van der Waals surface area contributed by atoms with Gasteiger partial charge in [-0.2, -0.15) is 0 Å². The molecule has 11 aromatic carbocycles. The lowest BCUT2D eigenvalue weighted by Crippen LogP contribution is -2.26. The average molecular weight is 866 g/mol. The molecule has 0 bridgehead atoms. The lowest BCUT2D eigenvalue weighted by Gasteiger charge is -2.32. The topological polar surface area (TPSA) is 29.5 Å². The Labute approximate surface area is 392 Å². The van der Waals surface area contributed by atoms with Gasteiger partial charge in [0.1, 0.15) is 22.3 Å². The number of rotatable bonds is 5. The van der Waals surface area contributed by atoms with Crippen molar-refractivity contribution in [3.05, 3.63) is 259 Å². The summed E-state index contributed by atoms with van der Waals surface area (Å²) >= 11 is 0. The Kier molecular flexibility index (Phi) is 7.71. The monoisotopic (exact) mass is 865 g/mol. The van der Waals surface area contributed by atoms with E-state index in [4.69, 9.17) is 8.83 Å². The van der Waals surface area contributed by atoms with Crippen LogP contribution in [-0.4, -0.2) is 0 Å². The van der Waals surface area contributed by atoms with Gasteiger partial charge in [0, 0.05) is 43.9 Å². The van der Waals surface area contributed by atoms with Crippen molar-refractivity contribution in [1.29, 1.82) is 0 Å². The van der Waals surface area contributed by atoms with Crippen LogP contribution in [0, 0.1) is 0 Å². The van der Waals surface area contributed by atoms with Crippen LogP contribution < -0.4 is 4.90 Å². The molecule has 316 valence electrons. The molecule has 3 nitrogen and oxygen atoms in total. The number of hydrogen-bond donors (Lipinski definition) is 0. The third kappa shape index (κ3) is 5.13. The van der Waals surface area contributed by atoms with Crippen molar-refractivity contribution >= 4 is 71.7 Å². The Bertz CT molecular complexity index is 4160. The summed E-state index contributed by atoms with van der Waals surface area (Å²) in [6.07, 6.45) is 0. The fourth-order valence-corrected chi connectivity index (χ4v) is 11.9. The first-order chi connectivity index (χ1) is 33.7. The molecule has 0 atom stereocenters. The summed E-state index contributed by atoms with van der Waals surface area (Å²) in [4.78, 5) is 2.45. The van der Waals surface area contributed by atoms with E-state index in [1.165, 1.54) is 49.9 Å². The predicted octanol–water partition coefficient (Wildman–Crippen LogP) is 17.8. The maximum Gasteiger partial charge on any atom is 0.143 e. The van der Waals surface area contributed by atoms with E-state index in [2.05, 4.69) is 229 Å². The van der Waals surface area contributed by atoms with Crippen LogP contribution in [0.25, 0.3) is 99.2 Å². The zero-order valence-corrected chi connectivity index (χ0v) is 36.8. The molecule has 2 heterocycles. The zero-order chi connectivity index (χ0) is 44.5. The number of para-hydroxylation sites is 2. The van der Waals surface area contributed by atoms with Crippen LogP contribution in [0.1, 0.15) is 22.3 Å². The number of nitrogens with zero attached hydrogens (tertiary/aromatic N) is 1. The summed E-state index contributed by atoms with van der Waals surface area (Å²) in [6, 6.07) is 86.5. The fourth-order valence-electron chi connectivity index (χ4n) is 11.9. The molecule has 68 heavy (non-hydrogen) atoms. The number of furan rings is 2. The van der Waals surface area contributed by atoms with Crippen molar-refractivity contribution in [1.82, 2.24) is 0 Å². The van der Waals surface area contributed by atoms with Crippen LogP contribution in [0.5, 0.6) is 0 Å². The Morgan fingerprint density at radius 2 is 0.853 bits per heavy atom. The van der Waals surface area contributed by atoms with Crippen LogP contribution in [-0.2, 0) is 5.41 Å². The number of benzene rings is 11. The maximum absolute atomic E-state index is 6.61. The van der Waals surface area contributed by atoms with Gasteiger partial charge in [0.25, 0.3) is 0 Å². The predicted molar refractivity (Wildman–Crippen MR) is 280 cm³/mol. The molecule has 0 amide bonds. The molecule has 0 N–H and O–H groups in total. The van der Waals surface area contributed by atoms with Crippen LogP contribution in [0.15, 0.2) is 245 Å². The second kappa shape index (κ2) is 14.0. The van der Waals surface area contributed by atoms with Gasteiger partial charge in [-0.15, -0.1) is 0 Å². The molecule has 0 radical (unpaired) electrons. The normalized spacial score (nSPS) is 13.1. The van der Waals surface area contributed by atoms with Crippen LogP contribution in [0.3, 0.4) is 0 Å². The lowest BCUT2D eigenvalue weighted by atomic mass is 9.70. The average Bonchev–Trinajstić information content (AvgIpc) is 4.14. The SMILES string of the molecule is c1ccc(N(c2ccc(-c3ccc4c(c3)oc3ccccc34)cc2)c2ccc3c(c2)C2(c4ccccc4-c4ccccc42)c2ccccc2-3)c(-c2ccc3oc4c5ccccc5ccc4c3c2)c1. The Morgan fingerprint density at radius 1 is 0.294 bits per heavy atom. The van der Waals surface area contributed by atoms with Gasteiger partial charge in [-0.1, -0.05) is 170 Å². The van der Waals surface area contributed by atoms with Crippen LogP contribution in [0.2, 0.25) is 0 Å². The highest BCUT2D eigenvalue weighted by Crippen LogP contribution is 2.63. The van der Waals surface area contributed by atoms with Gasteiger partial charge < -0.3 is 13.7 Å². The summed E-state index contributed by atoms with van der Waals surface area (Å²) in [7, 11) is 0. The Morgan fingerprint density at radius 3 is 1.62 bits per heavy atom. The van der Waals surface area contributed by atoms with Crippen LogP contribution in [0.4, 0.5) is 17.1 Å². The molecule has 2 aliphatic rings. The van der Waals surface area contributed by atoms with Crippen LogP contribution >= 0.6 is 0 Å². The highest BCUT2D eigenvalue weighted by molar-refractivity contribution is 6.16. The molecule has 2 aromatic heterocycles. The first-order valence-electron chi connectivity index (χ1n) is 23.4. The number of fused-ring (bicyclic) bond motifs is 18. The van der Waals surface area contributed by atoms with Gasteiger partial charge in [0.05, 0.1) is 11.1 Å². The van der Waals surface area contributed by atoms with E-state index in [9.17, 15) is 0 Å². The maximum atomic E-state index is 6.61. The largest absolute Gasteiger partial charge is 0.456 e. The van der Waals surface area contributed by atoms with E-state index in [1.807, 2.05) is 12.1 Å². The lowest BCUT2D eigenvalue weighted by molar-refractivity contribution is 0.669. The molecular formula is C65H39NO2. The zero-order valence-electron chi connectivity index (χ0n) is 36.8. The van der Waals surface area contributed by atoms with Crippen molar-refractivity contribution in [2.45, 2.75) is 5.41 Å². The second-order valence-corrected chi connectivity index (χ2v) is 18.3. The summed E-state index contributed by atoms with van der Waals surface area (Å²) in [5.74, 6) is 0. The second-order valence-electron chi connectivity index (χ2n) is 18.3. The van der Waals surface area contributed by atoms with Gasteiger partial charge in [-0.25, -0.2) is 0 Å². The molecule has 0 unspecified atom stereocenters. The first-order valence-corrected chi connectivity index (χ1v) is 23.4. The van der Waals surface area contributed by atoms with Gasteiger partial charge in [0.15, 0.2) is 0 Å². The summed E-state index contributed by atoms with van der Waals surface area (Å²) in [5.41, 5.74) is 21.3. The van der Waals surface area contributed by atoms with Crippen molar-refractivity contribution in [2.75, 3.05) is 4.90 Å². The summed E-state index contributed by atoms with van der Waals surface area (Å²) in [6.45, 7) is 0. The molecule has 0 saturated carbocycles. The molecular weight excluding hydrogens is 827 g/mol. The van der Waals surface area contributed by atoms with E-state index in [1.54, 1.807) is 0 Å². The molecule has 3 heteroatoms. The van der Waals surface area contributed by atoms with Gasteiger partial charge >= 0.3 is 0 Å². The van der Waals surface area contributed by atoms with Gasteiger partial charge in [0.2, 0.25) is 0 Å². The van der Waals surface area contributed by atoms with E-state index < -0.39 is 5.41 Å². The number of hydrogen-bond acceptors (Lipinski definition) is 3. The standard InChI is InChI=1S/C65H39NO2/c1-2-15-47-41(13-1)27-34-54-55-37-43(29-36-62(55)68-64(47)54)46-14-6-11-23-60(46)66(44-30-25-40(26-31-44)42-28-33-53-52-19-7-12-24-61(52)67-63(53)38-42)45-32-35-51-50-18-5-10-22-58(50)65(59(51)39-45)56-20-8-3-16-48(56)49-17-4-9-21-57(49)65/h1-39H. The minimum absolute atomic E-state index is 0.475. The van der Waals surface area contributed by atoms with E-state index >= 15 is 0 Å². The number of anilines is 3. The third-order valence-corrected chi connectivity index (χ3v) is 14.9. The minimum atomic E-state index is -0.475. The summed E-state index contributed by atoms with van der Waals surface area (Å²) in [5, 5.41) is 6.78. The molecule has 13 aromatic rings. The van der Waals surface area contributed by atoms with Crippen molar-refractivity contribution in [3.8, 4) is 44.5 Å². The quantitative estimate of drug-likeness (QED) is 0.173. The first kappa shape index (κ1) is 37.3. The van der Waals surface area contributed by atoms with Gasteiger partial charge in [-0.05, 0) is 133 Å². The van der Waals surface area contributed by atoms with E-state index in [-0.39, 0.29) is 0 Å².